The zero-order valence-electron chi connectivity index (χ0n) is 15.1. The first-order valence-electron chi connectivity index (χ1n) is 8.25. The predicted octanol–water partition coefficient (Wildman–Crippen LogP) is -5.48. The summed E-state index contributed by atoms with van der Waals surface area (Å²) in [4.78, 5) is 50.3. The average Bonchev–Trinajstić information content (AvgIpc) is 2.64. The van der Waals surface area contributed by atoms with Crippen LogP contribution >= 0.6 is 0 Å². The summed E-state index contributed by atoms with van der Waals surface area (Å²) < 4.78 is 0. The number of carbonyl (C=O) groups excluding carboxylic acids is 3. The lowest BCUT2D eigenvalue weighted by Gasteiger charge is -2.20. The van der Waals surface area contributed by atoms with E-state index in [1.165, 1.54) is 0 Å². The summed E-state index contributed by atoms with van der Waals surface area (Å²) in [6.45, 7) is -1.81. The minimum Gasteiger partial charge on any atom is -0.480 e. The molecule has 0 saturated carbocycles. The number of nitrogens with two attached hydrogens (primary N) is 3. The highest BCUT2D eigenvalue weighted by molar-refractivity contribution is 5.92. The van der Waals surface area contributed by atoms with Crippen LogP contribution in [-0.2, 0) is 19.2 Å². The number of carboxylic acids is 1. The largest absolute Gasteiger partial charge is 0.480 e. The van der Waals surface area contributed by atoms with Crippen molar-refractivity contribution in [2.24, 2.45) is 22.2 Å². The van der Waals surface area contributed by atoms with E-state index >= 15 is 0 Å². The van der Waals surface area contributed by atoms with Gasteiger partial charge in [-0.05, 0) is 12.8 Å². The normalized spacial score (nSPS) is 13.5. The highest BCUT2D eigenvalue weighted by Crippen LogP contribution is 2.00. The Bertz CT molecular complexity index is 580. The lowest BCUT2D eigenvalue weighted by molar-refractivity contribution is -0.143. The van der Waals surface area contributed by atoms with E-state index in [0.717, 1.165) is 0 Å². The predicted molar refractivity (Wildman–Crippen MR) is 96.6 cm³/mol. The number of aliphatic hydroxyl groups excluding tert-OH is 2. The number of guanidine groups is 1. The molecular formula is C14H27N7O7. The summed E-state index contributed by atoms with van der Waals surface area (Å²) in [5.74, 6) is -3.97. The van der Waals surface area contributed by atoms with E-state index in [1.807, 2.05) is 0 Å². The van der Waals surface area contributed by atoms with E-state index in [1.54, 1.807) is 0 Å². The highest BCUT2D eigenvalue weighted by atomic mass is 16.4. The minimum absolute atomic E-state index is 0.0518. The van der Waals surface area contributed by atoms with Crippen LogP contribution in [0.15, 0.2) is 4.99 Å². The number of aliphatic hydroxyl groups is 2. The van der Waals surface area contributed by atoms with Gasteiger partial charge in [-0.2, -0.15) is 0 Å². The fraction of sp³-hybridized carbons (Fsp3) is 0.643. The number of aliphatic imine (C=N–C) groups is 1. The second-order valence-electron chi connectivity index (χ2n) is 5.66. The van der Waals surface area contributed by atoms with Crippen molar-refractivity contribution in [3.63, 3.8) is 0 Å². The number of hydrogen-bond donors (Lipinski definition) is 9. The number of aliphatic carboxylic acids is 1. The fourth-order valence-corrected chi connectivity index (χ4v) is 1.86. The number of nitrogens with zero attached hydrogens (tertiary/aromatic N) is 1. The third-order valence-electron chi connectivity index (χ3n) is 3.35. The van der Waals surface area contributed by atoms with Crippen LogP contribution in [0.4, 0.5) is 0 Å². The Morgan fingerprint density at radius 3 is 2.11 bits per heavy atom. The maximum atomic E-state index is 12.2. The van der Waals surface area contributed by atoms with Crippen LogP contribution in [0.25, 0.3) is 0 Å². The minimum atomic E-state index is -1.55. The molecule has 14 nitrogen and oxygen atoms in total. The third-order valence-corrected chi connectivity index (χ3v) is 3.35. The lowest BCUT2D eigenvalue weighted by Crippen LogP contribution is -2.54. The Hall–Kier alpha value is -2.97. The standard InChI is InChI=1S/C14H27N7O7/c15-7(5-22)11(25)19-4-10(24)20-8(2-1-3-18-14(16)17)12(26)21-9(6-23)13(27)28/h7-9,22-23H,1-6,15H2,(H,19,25)(H,20,24)(H,21,26)(H,27,28)(H4,16,17,18). The van der Waals surface area contributed by atoms with Gasteiger partial charge in [-0.15, -0.1) is 0 Å². The molecule has 12 N–H and O–H groups in total. The lowest BCUT2D eigenvalue weighted by atomic mass is 10.1. The zero-order chi connectivity index (χ0) is 21.7. The van der Waals surface area contributed by atoms with E-state index in [9.17, 15) is 19.2 Å². The van der Waals surface area contributed by atoms with Gasteiger partial charge >= 0.3 is 5.97 Å². The van der Waals surface area contributed by atoms with Gasteiger partial charge < -0.3 is 48.5 Å². The maximum absolute atomic E-state index is 12.2. The second-order valence-corrected chi connectivity index (χ2v) is 5.66. The molecule has 0 aliphatic rings. The first kappa shape index (κ1) is 25.0. The van der Waals surface area contributed by atoms with E-state index in [-0.39, 0.29) is 25.3 Å². The van der Waals surface area contributed by atoms with Gasteiger partial charge in [-0.3, -0.25) is 19.4 Å². The first-order chi connectivity index (χ1) is 13.1. The molecule has 3 unspecified atom stereocenters. The number of carbonyl (C=O) groups is 4. The molecule has 0 bridgehead atoms. The van der Waals surface area contributed by atoms with Crippen molar-refractivity contribution in [3.05, 3.63) is 0 Å². The van der Waals surface area contributed by atoms with Crippen molar-refractivity contribution in [2.45, 2.75) is 31.0 Å². The fourth-order valence-electron chi connectivity index (χ4n) is 1.86. The quantitative estimate of drug-likeness (QED) is 0.0797. The van der Waals surface area contributed by atoms with Gasteiger partial charge in [-0.1, -0.05) is 0 Å². The topological polar surface area (TPSA) is 255 Å². The number of nitrogens with one attached hydrogen (secondary N) is 3. The van der Waals surface area contributed by atoms with Crippen molar-refractivity contribution in [1.29, 1.82) is 0 Å². The van der Waals surface area contributed by atoms with Crippen LogP contribution in [-0.4, -0.2) is 89.4 Å². The molecule has 0 radical (unpaired) electrons. The van der Waals surface area contributed by atoms with Crippen LogP contribution < -0.4 is 33.2 Å². The summed E-state index contributed by atoms with van der Waals surface area (Å²) >= 11 is 0. The molecule has 0 aromatic heterocycles. The van der Waals surface area contributed by atoms with Gasteiger partial charge in [0.25, 0.3) is 0 Å². The Balaban J connectivity index is 4.88. The monoisotopic (exact) mass is 405 g/mol. The Morgan fingerprint density at radius 2 is 1.61 bits per heavy atom. The number of rotatable bonds is 13. The van der Waals surface area contributed by atoms with E-state index in [0.29, 0.717) is 0 Å². The summed E-state index contributed by atoms with van der Waals surface area (Å²) in [6.07, 6.45) is 0.325. The molecule has 3 atom stereocenters. The van der Waals surface area contributed by atoms with Crippen molar-refractivity contribution >= 4 is 29.7 Å². The van der Waals surface area contributed by atoms with Crippen LogP contribution in [0, 0.1) is 0 Å². The molecule has 160 valence electrons. The van der Waals surface area contributed by atoms with Gasteiger partial charge in [0.1, 0.15) is 18.1 Å². The molecule has 0 spiro atoms. The van der Waals surface area contributed by atoms with Gasteiger partial charge in [0.15, 0.2) is 5.96 Å². The van der Waals surface area contributed by atoms with Gasteiger partial charge in [-0.25, -0.2) is 4.79 Å². The molecule has 0 aromatic carbocycles. The Labute approximate surface area is 160 Å². The second kappa shape index (κ2) is 13.2. The molecule has 14 heteroatoms. The molecule has 0 fully saturated rings. The van der Waals surface area contributed by atoms with E-state index < -0.39 is 61.6 Å². The summed E-state index contributed by atoms with van der Waals surface area (Å²) in [7, 11) is 0. The van der Waals surface area contributed by atoms with Crippen LogP contribution in [0.5, 0.6) is 0 Å². The Kier molecular flexibility index (Phi) is 11.8. The molecule has 0 aliphatic carbocycles. The SMILES string of the molecule is NC(N)=NCCCC(NC(=O)CNC(=O)C(N)CO)C(=O)NC(CO)C(=O)O. The smallest absolute Gasteiger partial charge is 0.328 e. The molecule has 0 heterocycles. The molecule has 0 saturated heterocycles. The molecular weight excluding hydrogens is 378 g/mol. The molecule has 0 aromatic rings. The number of carboxylic acid groups (broad SMARTS) is 1. The van der Waals surface area contributed by atoms with Crippen molar-refractivity contribution in [1.82, 2.24) is 16.0 Å². The van der Waals surface area contributed by atoms with Crippen molar-refractivity contribution in [3.8, 4) is 0 Å². The van der Waals surface area contributed by atoms with Gasteiger partial charge in [0, 0.05) is 6.54 Å². The maximum Gasteiger partial charge on any atom is 0.328 e. The third kappa shape index (κ3) is 10.2. The van der Waals surface area contributed by atoms with E-state index in [4.69, 9.17) is 32.5 Å². The van der Waals surface area contributed by atoms with E-state index in [2.05, 4.69) is 20.9 Å². The molecule has 3 amide bonds. The highest BCUT2D eigenvalue weighted by Gasteiger charge is 2.26. The van der Waals surface area contributed by atoms with Gasteiger partial charge in [0.2, 0.25) is 17.7 Å². The number of amides is 3. The number of hydrogen-bond acceptors (Lipinski definition) is 8. The zero-order valence-corrected chi connectivity index (χ0v) is 15.1. The molecule has 0 aliphatic heterocycles. The summed E-state index contributed by atoms with van der Waals surface area (Å²) in [5, 5.41) is 33.2. The summed E-state index contributed by atoms with van der Waals surface area (Å²) in [6, 6.07) is -3.92. The average molecular weight is 405 g/mol. The Morgan fingerprint density at radius 1 is 0.964 bits per heavy atom. The van der Waals surface area contributed by atoms with Gasteiger partial charge in [0.05, 0.1) is 19.8 Å². The van der Waals surface area contributed by atoms with Crippen LogP contribution in [0.2, 0.25) is 0 Å². The van der Waals surface area contributed by atoms with Crippen molar-refractivity contribution in [2.75, 3.05) is 26.3 Å². The van der Waals surface area contributed by atoms with Crippen molar-refractivity contribution < 1.29 is 34.5 Å². The van der Waals surface area contributed by atoms with Crippen LogP contribution in [0.3, 0.4) is 0 Å². The first-order valence-corrected chi connectivity index (χ1v) is 8.25. The van der Waals surface area contributed by atoms with Crippen LogP contribution in [0.1, 0.15) is 12.8 Å². The molecule has 28 heavy (non-hydrogen) atoms. The summed E-state index contributed by atoms with van der Waals surface area (Å²) in [5.41, 5.74) is 15.7. The molecule has 0 rings (SSSR count).